The number of hydrogen-bond acceptors (Lipinski definition) is 2. The van der Waals surface area contributed by atoms with E-state index in [1.807, 2.05) is 0 Å². The summed E-state index contributed by atoms with van der Waals surface area (Å²) >= 11 is 4.07. The Kier molecular flexibility index (Phi) is 4.33. The summed E-state index contributed by atoms with van der Waals surface area (Å²) in [6, 6.07) is 0. The molecule has 0 aromatic carbocycles. The second kappa shape index (κ2) is 4.00. The van der Waals surface area contributed by atoms with Crippen LogP contribution >= 0.6 is 12.6 Å². The molecule has 0 heterocycles. The van der Waals surface area contributed by atoms with Crippen molar-refractivity contribution in [3.05, 3.63) is 0 Å². The van der Waals surface area contributed by atoms with Gasteiger partial charge in [0.2, 0.25) is 0 Å². The van der Waals surface area contributed by atoms with Gasteiger partial charge in [0, 0.05) is 0 Å². The molecule has 1 aliphatic carbocycles. The smallest absolute Gasteiger partial charge is 1.00 e. The average molecular weight is 170 g/mol. The molecule has 54 valence electrons. The van der Waals surface area contributed by atoms with E-state index in [0.29, 0.717) is 6.42 Å². The SMILES string of the molecule is O=C(O)CC1(CS)CC1.[H-].[Na+]. The van der Waals surface area contributed by atoms with Crippen LogP contribution < -0.4 is 29.6 Å². The molecule has 10 heavy (non-hydrogen) atoms. The third kappa shape index (κ3) is 2.82. The fourth-order valence-corrected chi connectivity index (χ4v) is 1.32. The Morgan fingerprint density at radius 2 is 2.20 bits per heavy atom. The Morgan fingerprint density at radius 3 is 2.30 bits per heavy atom. The summed E-state index contributed by atoms with van der Waals surface area (Å²) in [6.07, 6.45) is 2.39. The minimum atomic E-state index is -0.693. The van der Waals surface area contributed by atoms with Crippen LogP contribution in [0.25, 0.3) is 0 Å². The number of carboxylic acid groups (broad SMARTS) is 1. The molecule has 0 atom stereocenters. The molecular weight excluding hydrogens is 159 g/mol. The van der Waals surface area contributed by atoms with Gasteiger partial charge in [0.05, 0.1) is 6.42 Å². The van der Waals surface area contributed by atoms with E-state index in [9.17, 15) is 4.79 Å². The molecule has 1 rings (SSSR count). The molecule has 0 saturated heterocycles. The van der Waals surface area contributed by atoms with Gasteiger partial charge in [0.1, 0.15) is 0 Å². The van der Waals surface area contributed by atoms with Crippen molar-refractivity contribution in [2.75, 3.05) is 5.75 Å². The molecule has 0 unspecified atom stereocenters. The van der Waals surface area contributed by atoms with Gasteiger partial charge < -0.3 is 6.53 Å². The maximum absolute atomic E-state index is 10.2. The van der Waals surface area contributed by atoms with Crippen molar-refractivity contribution in [3.63, 3.8) is 0 Å². The molecule has 0 aromatic heterocycles. The minimum absolute atomic E-state index is 0. The van der Waals surface area contributed by atoms with Crippen molar-refractivity contribution in [1.29, 1.82) is 0 Å². The van der Waals surface area contributed by atoms with Crippen molar-refractivity contribution in [2.24, 2.45) is 5.41 Å². The third-order valence-electron chi connectivity index (χ3n) is 1.82. The van der Waals surface area contributed by atoms with Crippen molar-refractivity contribution in [2.45, 2.75) is 19.3 Å². The van der Waals surface area contributed by atoms with Gasteiger partial charge in [-0.2, -0.15) is 12.6 Å². The summed E-state index contributed by atoms with van der Waals surface area (Å²) in [5, 5.41) is 8.39. The number of hydrogen-bond donors (Lipinski definition) is 2. The quantitative estimate of drug-likeness (QED) is 0.391. The van der Waals surface area contributed by atoms with Crippen LogP contribution in [-0.2, 0) is 4.79 Å². The van der Waals surface area contributed by atoms with Crippen molar-refractivity contribution < 1.29 is 40.9 Å². The molecular formula is C6H11NaO2S. The molecule has 0 aromatic rings. The number of aliphatic carboxylic acids is 1. The Bertz CT molecular complexity index is 139. The standard InChI is InChI=1S/C6H10O2S.Na.H/c7-5(8)3-6(4-9)1-2-6;;/h9H,1-4H2,(H,7,8);;/q;+1;-1. The van der Waals surface area contributed by atoms with Gasteiger partial charge >= 0.3 is 35.5 Å². The molecule has 1 saturated carbocycles. The average Bonchev–Trinajstić information content (AvgIpc) is 2.48. The van der Waals surface area contributed by atoms with Gasteiger partial charge in [-0.1, -0.05) is 0 Å². The van der Waals surface area contributed by atoms with Gasteiger partial charge in [-0.25, -0.2) is 0 Å². The molecule has 0 amide bonds. The van der Waals surface area contributed by atoms with Gasteiger partial charge in [0.25, 0.3) is 0 Å². The Hall–Kier alpha value is 0.820. The third-order valence-corrected chi connectivity index (χ3v) is 2.49. The second-order valence-electron chi connectivity index (χ2n) is 2.73. The topological polar surface area (TPSA) is 37.3 Å². The minimum Gasteiger partial charge on any atom is -1.00 e. The van der Waals surface area contributed by atoms with E-state index in [0.717, 1.165) is 18.6 Å². The van der Waals surface area contributed by atoms with Crippen LogP contribution in [0, 0.1) is 5.41 Å². The Balaban J connectivity index is 0. The van der Waals surface area contributed by atoms with E-state index in [1.54, 1.807) is 0 Å². The summed E-state index contributed by atoms with van der Waals surface area (Å²) < 4.78 is 0. The van der Waals surface area contributed by atoms with Crippen LogP contribution in [0.1, 0.15) is 20.7 Å². The van der Waals surface area contributed by atoms with Crippen molar-refractivity contribution in [1.82, 2.24) is 0 Å². The first kappa shape index (κ1) is 10.8. The first-order chi connectivity index (χ1) is 4.18. The molecule has 4 heteroatoms. The maximum Gasteiger partial charge on any atom is 1.00 e. The number of carboxylic acids is 1. The van der Waals surface area contributed by atoms with Crippen molar-refractivity contribution in [3.8, 4) is 0 Å². The van der Waals surface area contributed by atoms with Gasteiger partial charge in [0.15, 0.2) is 0 Å². The van der Waals surface area contributed by atoms with Crippen LogP contribution in [0.5, 0.6) is 0 Å². The summed E-state index contributed by atoms with van der Waals surface area (Å²) in [7, 11) is 0. The largest absolute Gasteiger partial charge is 1.00 e. The van der Waals surface area contributed by atoms with Gasteiger partial charge in [-0.15, -0.1) is 0 Å². The number of thiol groups is 1. The molecule has 1 fully saturated rings. The van der Waals surface area contributed by atoms with Crippen LogP contribution in [0.15, 0.2) is 0 Å². The van der Waals surface area contributed by atoms with Crippen molar-refractivity contribution >= 4 is 18.6 Å². The monoisotopic (exact) mass is 170 g/mol. The van der Waals surface area contributed by atoms with Crippen LogP contribution in [0.3, 0.4) is 0 Å². The second-order valence-corrected chi connectivity index (χ2v) is 3.04. The zero-order valence-electron chi connectivity index (χ0n) is 7.13. The van der Waals surface area contributed by atoms with Crippen LogP contribution in [0.2, 0.25) is 0 Å². The first-order valence-corrected chi connectivity index (χ1v) is 3.64. The van der Waals surface area contributed by atoms with E-state index < -0.39 is 5.97 Å². The Morgan fingerprint density at radius 1 is 1.70 bits per heavy atom. The normalized spacial score (nSPS) is 19.3. The zero-order valence-corrected chi connectivity index (χ0v) is 9.03. The zero-order chi connectivity index (χ0) is 6.91. The summed E-state index contributed by atoms with van der Waals surface area (Å²) in [5.41, 5.74) is 0.0783. The van der Waals surface area contributed by atoms with Gasteiger partial charge in [-0.05, 0) is 24.0 Å². The number of rotatable bonds is 3. The molecule has 0 radical (unpaired) electrons. The molecule has 0 aliphatic heterocycles. The van der Waals surface area contributed by atoms with Gasteiger partial charge in [-0.3, -0.25) is 4.79 Å². The van der Waals surface area contributed by atoms with Crippen LogP contribution in [-0.4, -0.2) is 16.8 Å². The summed E-state index contributed by atoms with van der Waals surface area (Å²) in [6.45, 7) is 0. The molecule has 0 bridgehead atoms. The summed E-state index contributed by atoms with van der Waals surface area (Å²) in [4.78, 5) is 10.2. The maximum atomic E-state index is 10.2. The predicted molar refractivity (Wildman–Crippen MR) is 38.9 cm³/mol. The molecule has 0 spiro atoms. The van der Waals surface area contributed by atoms with Crippen LogP contribution in [0.4, 0.5) is 0 Å². The fraction of sp³-hybridized carbons (Fsp3) is 0.833. The summed E-state index contributed by atoms with van der Waals surface area (Å²) in [5.74, 6) is 0.0285. The van der Waals surface area contributed by atoms with E-state index in [1.165, 1.54) is 0 Å². The molecule has 1 N–H and O–H groups in total. The Labute approximate surface area is 89.6 Å². The first-order valence-electron chi connectivity index (χ1n) is 3.01. The van der Waals surface area contributed by atoms with E-state index in [4.69, 9.17) is 5.11 Å². The van der Waals surface area contributed by atoms with E-state index in [-0.39, 0.29) is 36.4 Å². The number of carbonyl (C=O) groups is 1. The molecule has 1 aliphatic rings. The molecule has 2 nitrogen and oxygen atoms in total. The fourth-order valence-electron chi connectivity index (χ4n) is 0.888. The van der Waals surface area contributed by atoms with E-state index in [2.05, 4.69) is 12.6 Å². The predicted octanol–water partition coefficient (Wildman–Crippen LogP) is -1.71. The van der Waals surface area contributed by atoms with E-state index >= 15 is 0 Å².